The first-order valence-electron chi connectivity index (χ1n) is 5.63. The average molecular weight is 197 g/mol. The van der Waals surface area contributed by atoms with Gasteiger partial charge in [0.25, 0.3) is 0 Å². The number of aliphatic hydroxyl groups excluding tert-OH is 1. The van der Waals surface area contributed by atoms with Gasteiger partial charge in [-0.15, -0.1) is 0 Å². The van der Waals surface area contributed by atoms with Gasteiger partial charge < -0.3 is 5.11 Å². The van der Waals surface area contributed by atoms with E-state index in [9.17, 15) is 9.90 Å². The van der Waals surface area contributed by atoms with Gasteiger partial charge in [-0.2, -0.15) is 0 Å². The van der Waals surface area contributed by atoms with E-state index in [-0.39, 0.29) is 12.0 Å². The monoisotopic (exact) mass is 197 g/mol. The average Bonchev–Trinajstić information content (AvgIpc) is 2.57. The number of ketones is 1. The molecule has 1 N–H and O–H groups in total. The van der Waals surface area contributed by atoms with Crippen LogP contribution in [0.4, 0.5) is 0 Å². The van der Waals surface area contributed by atoms with Crippen molar-refractivity contribution in [1.82, 2.24) is 4.90 Å². The SMILES string of the molecule is CC1CN(C2CCCC2O)CCC1=O. The molecule has 0 amide bonds. The van der Waals surface area contributed by atoms with Gasteiger partial charge in [0.05, 0.1) is 6.10 Å². The Morgan fingerprint density at radius 1 is 1.43 bits per heavy atom. The minimum Gasteiger partial charge on any atom is -0.391 e. The van der Waals surface area contributed by atoms with Crippen molar-refractivity contribution in [3.63, 3.8) is 0 Å². The van der Waals surface area contributed by atoms with Crippen molar-refractivity contribution >= 4 is 5.78 Å². The Labute approximate surface area is 85.1 Å². The van der Waals surface area contributed by atoms with Gasteiger partial charge in [-0.05, 0) is 19.3 Å². The highest BCUT2D eigenvalue weighted by molar-refractivity contribution is 5.81. The topological polar surface area (TPSA) is 40.5 Å². The largest absolute Gasteiger partial charge is 0.391 e. The summed E-state index contributed by atoms with van der Waals surface area (Å²) in [5, 5.41) is 9.77. The summed E-state index contributed by atoms with van der Waals surface area (Å²) in [6.45, 7) is 3.70. The summed E-state index contributed by atoms with van der Waals surface area (Å²) in [7, 11) is 0. The highest BCUT2D eigenvalue weighted by atomic mass is 16.3. The maximum atomic E-state index is 11.3. The number of likely N-dealkylation sites (tertiary alicyclic amines) is 1. The summed E-state index contributed by atoms with van der Waals surface area (Å²) in [5.41, 5.74) is 0. The van der Waals surface area contributed by atoms with Crippen molar-refractivity contribution in [3.8, 4) is 0 Å². The third-order valence-corrected chi connectivity index (χ3v) is 3.62. The fraction of sp³-hybridized carbons (Fsp3) is 0.909. The summed E-state index contributed by atoms with van der Waals surface area (Å²) < 4.78 is 0. The van der Waals surface area contributed by atoms with E-state index >= 15 is 0 Å². The molecule has 1 saturated carbocycles. The zero-order valence-corrected chi connectivity index (χ0v) is 8.78. The molecule has 0 aromatic rings. The summed E-state index contributed by atoms with van der Waals surface area (Å²) in [6.07, 6.45) is 3.68. The molecule has 1 saturated heterocycles. The lowest BCUT2D eigenvalue weighted by molar-refractivity contribution is -0.126. The molecule has 0 bridgehead atoms. The van der Waals surface area contributed by atoms with E-state index in [2.05, 4.69) is 4.90 Å². The van der Waals surface area contributed by atoms with E-state index < -0.39 is 0 Å². The number of piperidine rings is 1. The summed E-state index contributed by atoms with van der Waals surface area (Å²) >= 11 is 0. The molecule has 3 nitrogen and oxygen atoms in total. The maximum Gasteiger partial charge on any atom is 0.138 e. The van der Waals surface area contributed by atoms with Crippen molar-refractivity contribution < 1.29 is 9.90 Å². The molecule has 1 aliphatic heterocycles. The molecule has 0 aromatic heterocycles. The van der Waals surface area contributed by atoms with E-state index in [4.69, 9.17) is 0 Å². The van der Waals surface area contributed by atoms with Crippen LogP contribution in [0.15, 0.2) is 0 Å². The lowest BCUT2D eigenvalue weighted by atomic mass is 9.96. The number of hydrogen-bond donors (Lipinski definition) is 1. The maximum absolute atomic E-state index is 11.3. The first-order valence-corrected chi connectivity index (χ1v) is 5.63. The second kappa shape index (κ2) is 3.99. The van der Waals surface area contributed by atoms with Crippen molar-refractivity contribution in [2.45, 2.75) is 44.8 Å². The molecule has 0 radical (unpaired) electrons. The number of nitrogens with zero attached hydrogens (tertiary/aromatic N) is 1. The Bertz CT molecular complexity index is 229. The highest BCUT2D eigenvalue weighted by Crippen LogP contribution is 2.27. The van der Waals surface area contributed by atoms with Crippen LogP contribution in [-0.4, -0.2) is 41.0 Å². The van der Waals surface area contributed by atoms with Crippen molar-refractivity contribution in [3.05, 3.63) is 0 Å². The van der Waals surface area contributed by atoms with Crippen LogP contribution in [-0.2, 0) is 4.79 Å². The van der Waals surface area contributed by atoms with Crippen LogP contribution < -0.4 is 0 Å². The van der Waals surface area contributed by atoms with E-state index in [0.717, 1.165) is 32.4 Å². The number of carbonyl (C=O) groups is 1. The number of Topliss-reactive ketones (excluding diaryl/α,β-unsaturated/α-hetero) is 1. The first kappa shape index (κ1) is 10.1. The van der Waals surface area contributed by atoms with Gasteiger partial charge in [-0.1, -0.05) is 6.92 Å². The predicted octanol–water partition coefficient (Wildman–Crippen LogP) is 0.811. The fourth-order valence-corrected chi connectivity index (χ4v) is 2.69. The Balaban J connectivity index is 1.95. The van der Waals surface area contributed by atoms with E-state index in [1.807, 2.05) is 6.92 Å². The van der Waals surface area contributed by atoms with Gasteiger partial charge in [0.2, 0.25) is 0 Å². The Hall–Kier alpha value is -0.410. The minimum atomic E-state index is -0.157. The molecular formula is C11H19NO2. The third-order valence-electron chi connectivity index (χ3n) is 3.62. The smallest absolute Gasteiger partial charge is 0.138 e. The van der Waals surface area contributed by atoms with E-state index in [1.165, 1.54) is 0 Å². The Morgan fingerprint density at radius 2 is 2.21 bits per heavy atom. The molecule has 3 heteroatoms. The summed E-state index contributed by atoms with van der Waals surface area (Å²) in [5.74, 6) is 0.547. The molecule has 14 heavy (non-hydrogen) atoms. The molecule has 0 aromatic carbocycles. The van der Waals surface area contributed by atoms with Crippen molar-refractivity contribution in [2.75, 3.05) is 13.1 Å². The van der Waals surface area contributed by atoms with Crippen LogP contribution in [0.3, 0.4) is 0 Å². The number of hydrogen-bond acceptors (Lipinski definition) is 3. The van der Waals surface area contributed by atoms with Crippen LogP contribution in [0.1, 0.15) is 32.6 Å². The zero-order valence-electron chi connectivity index (χ0n) is 8.78. The van der Waals surface area contributed by atoms with Crippen LogP contribution in [0.2, 0.25) is 0 Å². The zero-order chi connectivity index (χ0) is 10.1. The molecule has 3 unspecified atom stereocenters. The minimum absolute atomic E-state index is 0.157. The van der Waals surface area contributed by atoms with Gasteiger partial charge >= 0.3 is 0 Å². The normalized spacial score (nSPS) is 40.4. The molecule has 2 aliphatic rings. The molecule has 0 spiro atoms. The van der Waals surface area contributed by atoms with Gasteiger partial charge in [0.15, 0.2) is 0 Å². The van der Waals surface area contributed by atoms with Crippen LogP contribution in [0, 0.1) is 5.92 Å². The molecule has 2 rings (SSSR count). The molecule has 1 heterocycles. The second-order valence-electron chi connectivity index (χ2n) is 4.68. The number of carbonyl (C=O) groups excluding carboxylic acids is 1. The summed E-state index contributed by atoms with van der Waals surface area (Å²) in [4.78, 5) is 13.7. The van der Waals surface area contributed by atoms with Gasteiger partial charge in [-0.3, -0.25) is 9.69 Å². The Kier molecular flexibility index (Phi) is 2.88. The highest BCUT2D eigenvalue weighted by Gasteiger charge is 2.34. The van der Waals surface area contributed by atoms with Gasteiger partial charge in [-0.25, -0.2) is 0 Å². The molecule has 1 aliphatic carbocycles. The van der Waals surface area contributed by atoms with Gasteiger partial charge in [0.1, 0.15) is 5.78 Å². The summed E-state index contributed by atoms with van der Waals surface area (Å²) in [6, 6.07) is 0.325. The number of aliphatic hydroxyl groups is 1. The number of rotatable bonds is 1. The lowest BCUT2D eigenvalue weighted by Gasteiger charge is -2.36. The Morgan fingerprint density at radius 3 is 2.79 bits per heavy atom. The van der Waals surface area contributed by atoms with Gasteiger partial charge in [0, 0.05) is 31.5 Å². The standard InChI is InChI=1S/C11H19NO2/c1-8-7-12(6-5-10(8)13)9-3-2-4-11(9)14/h8-9,11,14H,2-7H2,1H3. The lowest BCUT2D eigenvalue weighted by Crippen LogP contribution is -2.48. The van der Waals surface area contributed by atoms with Crippen LogP contribution in [0.25, 0.3) is 0 Å². The first-order chi connectivity index (χ1) is 6.68. The van der Waals surface area contributed by atoms with Crippen LogP contribution >= 0.6 is 0 Å². The molecule has 3 atom stereocenters. The second-order valence-corrected chi connectivity index (χ2v) is 4.68. The van der Waals surface area contributed by atoms with Crippen molar-refractivity contribution in [1.29, 1.82) is 0 Å². The predicted molar refractivity (Wildman–Crippen MR) is 54.0 cm³/mol. The van der Waals surface area contributed by atoms with Crippen molar-refractivity contribution in [2.24, 2.45) is 5.92 Å². The molecule has 80 valence electrons. The van der Waals surface area contributed by atoms with E-state index in [1.54, 1.807) is 0 Å². The molecular weight excluding hydrogens is 178 g/mol. The molecule has 2 fully saturated rings. The van der Waals surface area contributed by atoms with E-state index in [0.29, 0.717) is 18.2 Å². The fourth-order valence-electron chi connectivity index (χ4n) is 2.69. The third kappa shape index (κ3) is 1.84. The van der Waals surface area contributed by atoms with Crippen LogP contribution in [0.5, 0.6) is 0 Å². The quantitative estimate of drug-likeness (QED) is 0.676.